The molecule has 0 radical (unpaired) electrons. The van der Waals surface area contributed by atoms with E-state index in [1.54, 1.807) is 0 Å². The first-order chi connectivity index (χ1) is 14.0. The van der Waals surface area contributed by atoms with Crippen molar-refractivity contribution in [1.29, 1.82) is 0 Å². The van der Waals surface area contributed by atoms with Crippen LogP contribution in [0.25, 0.3) is 0 Å². The van der Waals surface area contributed by atoms with E-state index in [2.05, 4.69) is 53.2 Å². The van der Waals surface area contributed by atoms with Crippen LogP contribution in [0, 0.1) is 11.3 Å². The molecule has 2 atom stereocenters. The summed E-state index contributed by atoms with van der Waals surface area (Å²) in [6.45, 7) is 9.83. The van der Waals surface area contributed by atoms with Crippen molar-refractivity contribution in [3.63, 3.8) is 0 Å². The highest BCUT2D eigenvalue weighted by atomic mass is 16.3. The summed E-state index contributed by atoms with van der Waals surface area (Å²) in [6.07, 6.45) is 5.08. The predicted octanol–water partition coefficient (Wildman–Crippen LogP) is 2.92. The van der Waals surface area contributed by atoms with E-state index in [4.69, 9.17) is 5.11 Å². The molecule has 4 fully saturated rings. The molecule has 5 rings (SSSR count). The maximum atomic E-state index is 12.6. The normalized spacial score (nSPS) is 26.4. The lowest BCUT2D eigenvalue weighted by molar-refractivity contribution is 0.185. The van der Waals surface area contributed by atoms with Crippen LogP contribution in [0.2, 0.25) is 0 Å². The molecule has 6 nitrogen and oxygen atoms in total. The fourth-order valence-electron chi connectivity index (χ4n) is 5.57. The molecule has 4 aliphatic rings. The molecule has 4 aliphatic heterocycles. The Balaban J connectivity index is 1.52. The average Bonchev–Trinajstić information content (AvgIpc) is 3.00. The standard InChI is InChI=1S/C23H36N4O2/c1-23(2)14-18-15-26(22(29)24-10-13-28)17-21(23)27(16-18)20-8-6-19(7-9-20)25-11-4-3-5-12-25/h6-9,18,21,28H,3-5,10-17H2,1-2H3,(H,24,29). The van der Waals surface area contributed by atoms with Gasteiger partial charge in [-0.2, -0.15) is 0 Å². The molecule has 1 aromatic carbocycles. The summed E-state index contributed by atoms with van der Waals surface area (Å²) < 4.78 is 0. The van der Waals surface area contributed by atoms with Crippen molar-refractivity contribution in [3.05, 3.63) is 24.3 Å². The van der Waals surface area contributed by atoms with Crippen molar-refractivity contribution >= 4 is 17.4 Å². The fourth-order valence-corrected chi connectivity index (χ4v) is 5.57. The van der Waals surface area contributed by atoms with Gasteiger partial charge in [-0.05, 0) is 61.3 Å². The first-order valence-corrected chi connectivity index (χ1v) is 11.2. The van der Waals surface area contributed by atoms with Crippen molar-refractivity contribution in [2.75, 3.05) is 55.7 Å². The topological polar surface area (TPSA) is 59.1 Å². The molecule has 160 valence electrons. The van der Waals surface area contributed by atoms with E-state index in [9.17, 15) is 4.79 Å². The third kappa shape index (κ3) is 4.32. The number of piperidine rings is 2. The minimum Gasteiger partial charge on any atom is -0.395 e. The van der Waals surface area contributed by atoms with Crippen LogP contribution >= 0.6 is 0 Å². The van der Waals surface area contributed by atoms with E-state index < -0.39 is 0 Å². The van der Waals surface area contributed by atoms with Crippen molar-refractivity contribution in [3.8, 4) is 0 Å². The molecule has 2 N–H and O–H groups in total. The minimum atomic E-state index is -0.0472. The number of carbonyl (C=O) groups excluding carboxylic acids is 1. The van der Waals surface area contributed by atoms with Gasteiger partial charge in [-0.15, -0.1) is 0 Å². The Bertz CT molecular complexity index is 699. The summed E-state index contributed by atoms with van der Waals surface area (Å²) in [5, 5.41) is 11.9. The van der Waals surface area contributed by atoms with Gasteiger partial charge in [0.15, 0.2) is 0 Å². The largest absolute Gasteiger partial charge is 0.395 e. The predicted molar refractivity (Wildman–Crippen MR) is 118 cm³/mol. The van der Waals surface area contributed by atoms with Crippen LogP contribution in [-0.4, -0.2) is 68.0 Å². The first kappa shape index (κ1) is 20.3. The van der Waals surface area contributed by atoms with Crippen molar-refractivity contribution < 1.29 is 9.90 Å². The monoisotopic (exact) mass is 400 g/mol. The second-order valence-corrected chi connectivity index (χ2v) is 9.65. The lowest BCUT2D eigenvalue weighted by Crippen LogP contribution is -2.54. The fraction of sp³-hybridized carbons (Fsp3) is 0.696. The molecule has 2 amide bonds. The highest BCUT2D eigenvalue weighted by Gasteiger charge is 2.46. The zero-order valence-electron chi connectivity index (χ0n) is 17.9. The maximum Gasteiger partial charge on any atom is 0.317 e. The number of aliphatic hydroxyl groups is 1. The van der Waals surface area contributed by atoms with Gasteiger partial charge in [0.2, 0.25) is 0 Å². The third-order valence-corrected chi connectivity index (χ3v) is 7.00. The Morgan fingerprint density at radius 3 is 2.45 bits per heavy atom. The van der Waals surface area contributed by atoms with Gasteiger partial charge in [-0.25, -0.2) is 4.79 Å². The number of carbonyl (C=O) groups is 1. The second kappa shape index (κ2) is 8.42. The third-order valence-electron chi connectivity index (χ3n) is 7.00. The lowest BCUT2D eigenvalue weighted by Gasteiger charge is -2.48. The summed E-state index contributed by atoms with van der Waals surface area (Å²) in [4.78, 5) is 19.6. The van der Waals surface area contributed by atoms with E-state index in [-0.39, 0.29) is 18.1 Å². The number of rotatable bonds is 4. The molecule has 2 bridgehead atoms. The number of urea groups is 1. The summed E-state index contributed by atoms with van der Waals surface area (Å²) in [5.74, 6) is 0.463. The van der Waals surface area contributed by atoms with Crippen LogP contribution in [0.5, 0.6) is 0 Å². The van der Waals surface area contributed by atoms with Crippen LogP contribution in [0.1, 0.15) is 39.5 Å². The molecule has 29 heavy (non-hydrogen) atoms. The molecule has 6 heteroatoms. The first-order valence-electron chi connectivity index (χ1n) is 11.2. The Hall–Kier alpha value is -1.95. The van der Waals surface area contributed by atoms with Crippen LogP contribution < -0.4 is 15.1 Å². The molecule has 0 aromatic heterocycles. The van der Waals surface area contributed by atoms with Crippen molar-refractivity contribution in [1.82, 2.24) is 10.2 Å². The highest BCUT2D eigenvalue weighted by Crippen LogP contribution is 2.43. The zero-order chi connectivity index (χ0) is 20.4. The Morgan fingerprint density at radius 2 is 1.76 bits per heavy atom. The molecule has 2 unspecified atom stereocenters. The Morgan fingerprint density at radius 1 is 1.07 bits per heavy atom. The molecule has 0 spiro atoms. The van der Waals surface area contributed by atoms with Gasteiger partial charge in [0, 0.05) is 50.6 Å². The van der Waals surface area contributed by atoms with Gasteiger partial charge in [0.05, 0.1) is 12.6 Å². The Labute approximate surface area is 174 Å². The SMILES string of the molecule is CC1(C)CC2CN(C(=O)NCCO)CC1N(c1ccc(N3CCCCC3)cc1)C2. The van der Waals surface area contributed by atoms with Crippen molar-refractivity contribution in [2.45, 2.75) is 45.6 Å². The van der Waals surface area contributed by atoms with E-state index >= 15 is 0 Å². The number of hydrogen-bond acceptors (Lipinski definition) is 4. The van der Waals surface area contributed by atoms with Gasteiger partial charge in [-0.1, -0.05) is 13.8 Å². The number of benzene rings is 1. The maximum absolute atomic E-state index is 12.6. The summed E-state index contributed by atoms with van der Waals surface area (Å²) in [7, 11) is 0. The van der Waals surface area contributed by atoms with Gasteiger partial charge in [0.1, 0.15) is 0 Å². The number of fused-ring (bicyclic) bond motifs is 4. The van der Waals surface area contributed by atoms with E-state index in [1.807, 2.05) is 4.90 Å². The second-order valence-electron chi connectivity index (χ2n) is 9.65. The molecule has 1 aromatic rings. The van der Waals surface area contributed by atoms with Crippen LogP contribution in [0.15, 0.2) is 24.3 Å². The van der Waals surface area contributed by atoms with Crippen LogP contribution in [-0.2, 0) is 0 Å². The number of anilines is 2. The molecule has 0 saturated carbocycles. The van der Waals surface area contributed by atoms with Gasteiger partial charge in [0.25, 0.3) is 0 Å². The molecule has 4 heterocycles. The molecular formula is C23H36N4O2. The lowest BCUT2D eigenvalue weighted by atomic mass is 9.73. The van der Waals surface area contributed by atoms with E-state index in [0.717, 1.165) is 26.1 Å². The highest BCUT2D eigenvalue weighted by molar-refractivity contribution is 5.74. The van der Waals surface area contributed by atoms with Crippen LogP contribution in [0.3, 0.4) is 0 Å². The van der Waals surface area contributed by atoms with Gasteiger partial charge in [-0.3, -0.25) is 0 Å². The summed E-state index contributed by atoms with van der Waals surface area (Å²) in [5.41, 5.74) is 2.75. The minimum absolute atomic E-state index is 0.0204. The van der Waals surface area contributed by atoms with Crippen molar-refractivity contribution in [2.24, 2.45) is 11.3 Å². The summed E-state index contributed by atoms with van der Waals surface area (Å²) >= 11 is 0. The average molecular weight is 401 g/mol. The van der Waals surface area contributed by atoms with E-state index in [0.29, 0.717) is 18.5 Å². The Kier molecular flexibility index (Phi) is 5.91. The summed E-state index contributed by atoms with van der Waals surface area (Å²) in [6, 6.07) is 9.35. The van der Waals surface area contributed by atoms with Gasteiger partial charge >= 0.3 is 6.03 Å². The zero-order valence-corrected chi connectivity index (χ0v) is 17.9. The van der Waals surface area contributed by atoms with E-state index in [1.165, 1.54) is 43.7 Å². The smallest absolute Gasteiger partial charge is 0.317 e. The molecular weight excluding hydrogens is 364 g/mol. The van der Waals surface area contributed by atoms with Gasteiger partial charge < -0.3 is 25.1 Å². The number of amides is 2. The number of aliphatic hydroxyl groups excluding tert-OH is 1. The number of hydrogen-bond donors (Lipinski definition) is 2. The van der Waals surface area contributed by atoms with Crippen LogP contribution in [0.4, 0.5) is 16.2 Å². The molecule has 0 aliphatic carbocycles. The molecule has 4 saturated heterocycles. The quantitative estimate of drug-likeness (QED) is 0.816. The number of nitrogens with zero attached hydrogens (tertiary/aromatic N) is 3. The number of nitrogens with one attached hydrogen (secondary N) is 1.